The molecule has 0 radical (unpaired) electrons. The predicted molar refractivity (Wildman–Crippen MR) is 153 cm³/mol. The maximum atomic E-state index is 12.6. The average Bonchev–Trinajstić information content (AvgIpc) is 3.44. The van der Waals surface area contributed by atoms with Crippen molar-refractivity contribution in [3.8, 4) is 17.2 Å². The zero-order chi connectivity index (χ0) is 29.0. The first-order valence-corrected chi connectivity index (χ1v) is 13.3. The minimum atomic E-state index is -0.884. The van der Waals surface area contributed by atoms with Crippen molar-refractivity contribution in [1.82, 2.24) is 20.0 Å². The number of esters is 1. The van der Waals surface area contributed by atoms with Crippen molar-refractivity contribution in [2.45, 2.75) is 31.9 Å². The first-order chi connectivity index (χ1) is 19.9. The lowest BCUT2D eigenvalue weighted by molar-refractivity contribution is -0.145. The third kappa shape index (κ3) is 9.23. The minimum Gasteiger partial charge on any atom is -0.473 e. The van der Waals surface area contributed by atoms with Crippen molar-refractivity contribution in [3.05, 3.63) is 89.9 Å². The fourth-order valence-corrected chi connectivity index (χ4v) is 3.81. The SMILES string of the molecule is CN(C)CCOC(=O)C(N)CCC(=O)Nc1ncccc1-c1cc(Cc2ccc(COc3ccccn3)cc2)no1. The maximum absolute atomic E-state index is 12.6. The second kappa shape index (κ2) is 14.7. The highest BCUT2D eigenvalue weighted by Gasteiger charge is 2.19. The van der Waals surface area contributed by atoms with Gasteiger partial charge in [-0.15, -0.1) is 0 Å². The molecule has 1 amide bonds. The van der Waals surface area contributed by atoms with Gasteiger partial charge in [-0.2, -0.15) is 0 Å². The van der Waals surface area contributed by atoms with E-state index in [4.69, 9.17) is 19.7 Å². The molecule has 11 nitrogen and oxygen atoms in total. The van der Waals surface area contributed by atoms with E-state index in [0.29, 0.717) is 42.6 Å². The van der Waals surface area contributed by atoms with Crippen molar-refractivity contribution in [3.63, 3.8) is 0 Å². The summed E-state index contributed by atoms with van der Waals surface area (Å²) in [6.45, 7) is 1.27. The highest BCUT2D eigenvalue weighted by molar-refractivity contribution is 5.93. The number of hydrogen-bond acceptors (Lipinski definition) is 10. The Balaban J connectivity index is 1.29. The van der Waals surface area contributed by atoms with Gasteiger partial charge in [-0.1, -0.05) is 35.5 Å². The minimum absolute atomic E-state index is 0.0323. The van der Waals surface area contributed by atoms with E-state index in [1.54, 1.807) is 24.5 Å². The van der Waals surface area contributed by atoms with Crippen LogP contribution in [0.3, 0.4) is 0 Å². The van der Waals surface area contributed by atoms with Gasteiger partial charge in [0, 0.05) is 43.9 Å². The van der Waals surface area contributed by atoms with E-state index in [-0.39, 0.29) is 25.4 Å². The van der Waals surface area contributed by atoms with E-state index >= 15 is 0 Å². The zero-order valence-electron chi connectivity index (χ0n) is 23.2. The molecule has 1 aromatic carbocycles. The van der Waals surface area contributed by atoms with Crippen LogP contribution in [0.15, 0.2) is 77.6 Å². The number of hydrogen-bond donors (Lipinski definition) is 2. The van der Waals surface area contributed by atoms with Crippen LogP contribution in [-0.4, -0.2) is 65.2 Å². The number of anilines is 1. The Kier molecular flexibility index (Phi) is 10.5. The number of benzene rings is 1. The molecule has 1 atom stereocenters. The number of carbonyl (C=O) groups excluding carboxylic acids is 2. The molecule has 0 aliphatic heterocycles. The molecular weight excluding hydrogens is 524 g/mol. The summed E-state index contributed by atoms with van der Waals surface area (Å²) in [7, 11) is 3.76. The molecule has 0 aliphatic rings. The number of nitrogens with two attached hydrogens (primary N) is 1. The average molecular weight is 559 g/mol. The fourth-order valence-electron chi connectivity index (χ4n) is 3.81. The summed E-state index contributed by atoms with van der Waals surface area (Å²) in [5, 5.41) is 6.98. The Labute approximate surface area is 238 Å². The Hall–Kier alpha value is -4.61. The molecule has 0 fully saturated rings. The maximum Gasteiger partial charge on any atom is 0.322 e. The zero-order valence-corrected chi connectivity index (χ0v) is 23.2. The van der Waals surface area contributed by atoms with Crippen LogP contribution in [0.1, 0.15) is 29.7 Å². The number of pyridine rings is 2. The van der Waals surface area contributed by atoms with E-state index in [1.807, 2.05) is 67.5 Å². The van der Waals surface area contributed by atoms with Crippen LogP contribution in [0.5, 0.6) is 5.88 Å². The van der Waals surface area contributed by atoms with Crippen molar-refractivity contribution in [1.29, 1.82) is 0 Å². The molecule has 0 aliphatic carbocycles. The largest absolute Gasteiger partial charge is 0.473 e. The van der Waals surface area contributed by atoms with Gasteiger partial charge in [0.2, 0.25) is 11.8 Å². The van der Waals surface area contributed by atoms with Crippen LogP contribution in [0.2, 0.25) is 0 Å². The molecule has 0 saturated heterocycles. The van der Waals surface area contributed by atoms with Gasteiger partial charge >= 0.3 is 5.97 Å². The topological polar surface area (TPSA) is 146 Å². The Bertz CT molecular complexity index is 1410. The number of aromatic nitrogens is 3. The van der Waals surface area contributed by atoms with Gasteiger partial charge in [0.15, 0.2) is 5.76 Å². The van der Waals surface area contributed by atoms with Crippen LogP contribution in [0.4, 0.5) is 5.82 Å². The van der Waals surface area contributed by atoms with Gasteiger partial charge in [-0.25, -0.2) is 9.97 Å². The Morgan fingerprint density at radius 3 is 2.56 bits per heavy atom. The lowest BCUT2D eigenvalue weighted by atomic mass is 10.1. The standard InChI is InChI=1S/C30H34N6O5/c1-36(2)16-17-39-30(38)25(31)12-13-27(37)34-29-24(6-5-15-33-29)26-19-23(35-41-26)18-21-8-10-22(11-9-21)20-40-28-7-3-4-14-32-28/h3-11,14-15,19,25H,12-13,16-18,20,31H2,1-2H3,(H,33,34,37). The van der Waals surface area contributed by atoms with E-state index in [0.717, 1.165) is 16.8 Å². The molecule has 3 aromatic heterocycles. The van der Waals surface area contributed by atoms with Crippen LogP contribution in [0.25, 0.3) is 11.3 Å². The number of rotatable bonds is 14. The van der Waals surface area contributed by atoms with Gasteiger partial charge < -0.3 is 29.9 Å². The molecule has 214 valence electrons. The molecular formula is C30H34N6O5. The number of amides is 1. The summed E-state index contributed by atoms with van der Waals surface area (Å²) in [5.41, 5.74) is 9.30. The third-order valence-electron chi connectivity index (χ3n) is 6.09. The number of likely N-dealkylation sites (N-methyl/N-ethyl adjacent to an activating group) is 1. The molecule has 4 aromatic rings. The van der Waals surface area contributed by atoms with Crippen LogP contribution < -0.4 is 15.8 Å². The van der Waals surface area contributed by atoms with E-state index in [9.17, 15) is 9.59 Å². The van der Waals surface area contributed by atoms with Crippen molar-refractivity contribution in [2.24, 2.45) is 5.73 Å². The molecule has 0 spiro atoms. The van der Waals surface area contributed by atoms with Gasteiger partial charge in [0.05, 0.1) is 11.3 Å². The monoisotopic (exact) mass is 558 g/mol. The third-order valence-corrected chi connectivity index (χ3v) is 6.09. The number of carbonyl (C=O) groups is 2. The Morgan fingerprint density at radius 2 is 1.80 bits per heavy atom. The van der Waals surface area contributed by atoms with Gasteiger partial charge in [-0.05, 0) is 49.8 Å². The molecule has 0 saturated carbocycles. The second-order valence-electron chi connectivity index (χ2n) is 9.70. The number of nitrogens with zero attached hydrogens (tertiary/aromatic N) is 4. The Morgan fingerprint density at radius 1 is 1.02 bits per heavy atom. The number of ether oxygens (including phenoxy) is 2. The van der Waals surface area contributed by atoms with Crippen molar-refractivity contribution < 1.29 is 23.6 Å². The molecule has 11 heteroatoms. The summed E-state index contributed by atoms with van der Waals surface area (Å²) in [5.74, 6) is 0.537. The summed E-state index contributed by atoms with van der Waals surface area (Å²) >= 11 is 0. The molecule has 0 bridgehead atoms. The summed E-state index contributed by atoms with van der Waals surface area (Å²) in [6, 6.07) is 18.1. The lowest BCUT2D eigenvalue weighted by Gasteiger charge is -2.14. The quantitative estimate of drug-likeness (QED) is 0.221. The lowest BCUT2D eigenvalue weighted by Crippen LogP contribution is -2.34. The molecule has 3 heterocycles. The highest BCUT2D eigenvalue weighted by Crippen LogP contribution is 2.27. The highest BCUT2D eigenvalue weighted by atomic mass is 16.5. The van der Waals surface area contributed by atoms with Crippen LogP contribution in [-0.2, 0) is 27.4 Å². The predicted octanol–water partition coefficient (Wildman–Crippen LogP) is 3.45. The molecule has 4 rings (SSSR count). The van der Waals surface area contributed by atoms with Crippen molar-refractivity contribution in [2.75, 3.05) is 32.6 Å². The molecule has 3 N–H and O–H groups in total. The van der Waals surface area contributed by atoms with E-state index < -0.39 is 12.0 Å². The van der Waals surface area contributed by atoms with Gasteiger partial charge in [-0.3, -0.25) is 9.59 Å². The van der Waals surface area contributed by atoms with Crippen molar-refractivity contribution >= 4 is 17.7 Å². The second-order valence-corrected chi connectivity index (χ2v) is 9.70. The van der Waals surface area contributed by atoms with E-state index in [1.165, 1.54) is 0 Å². The summed E-state index contributed by atoms with van der Waals surface area (Å²) in [6.07, 6.45) is 4.01. The normalized spacial score (nSPS) is 11.7. The summed E-state index contributed by atoms with van der Waals surface area (Å²) < 4.78 is 16.4. The van der Waals surface area contributed by atoms with Gasteiger partial charge in [0.1, 0.15) is 25.1 Å². The number of nitrogens with one attached hydrogen (secondary N) is 1. The molecule has 41 heavy (non-hydrogen) atoms. The smallest absolute Gasteiger partial charge is 0.322 e. The van der Waals surface area contributed by atoms with Gasteiger partial charge in [0.25, 0.3) is 0 Å². The summed E-state index contributed by atoms with van der Waals surface area (Å²) in [4.78, 5) is 35.0. The fraction of sp³-hybridized carbons (Fsp3) is 0.300. The first kappa shape index (κ1) is 29.4. The van der Waals surface area contributed by atoms with E-state index in [2.05, 4.69) is 20.4 Å². The first-order valence-electron chi connectivity index (χ1n) is 13.3. The molecule has 1 unspecified atom stereocenters. The van der Waals surface area contributed by atoms with Crippen LogP contribution in [0, 0.1) is 0 Å². The van der Waals surface area contributed by atoms with Crippen LogP contribution >= 0.6 is 0 Å².